The molecule has 0 amide bonds. The van der Waals surface area contributed by atoms with E-state index in [1.165, 1.54) is 69.4 Å². The monoisotopic (exact) mass is 286 g/mol. The standard InChI is InChI=1S/C19H30N2/c1-19(2)12-7-8-16(11-13-19)20-17-9-3-4-10-18(17)21-14-5-6-15-21/h3-4,9-10,16,20H,5-8,11-15H2,1-2H3. The van der Waals surface area contributed by atoms with Gasteiger partial charge in [0, 0.05) is 19.1 Å². The van der Waals surface area contributed by atoms with E-state index in [0.29, 0.717) is 11.5 Å². The number of benzene rings is 1. The van der Waals surface area contributed by atoms with Gasteiger partial charge in [0.2, 0.25) is 0 Å². The van der Waals surface area contributed by atoms with Crippen LogP contribution in [0, 0.1) is 5.41 Å². The summed E-state index contributed by atoms with van der Waals surface area (Å²) in [6.45, 7) is 7.29. The summed E-state index contributed by atoms with van der Waals surface area (Å²) < 4.78 is 0. The molecule has 0 bridgehead atoms. The Morgan fingerprint density at radius 3 is 2.57 bits per heavy atom. The van der Waals surface area contributed by atoms with Crippen molar-refractivity contribution in [1.82, 2.24) is 0 Å². The first-order chi connectivity index (χ1) is 10.1. The van der Waals surface area contributed by atoms with Crippen molar-refractivity contribution in [2.45, 2.75) is 64.8 Å². The Morgan fingerprint density at radius 1 is 1.00 bits per heavy atom. The lowest BCUT2D eigenvalue weighted by molar-refractivity contribution is 0.313. The molecule has 3 rings (SSSR count). The molecule has 2 heteroatoms. The van der Waals surface area contributed by atoms with Gasteiger partial charge in [-0.3, -0.25) is 0 Å². The molecule has 1 saturated heterocycles. The van der Waals surface area contributed by atoms with Crippen molar-refractivity contribution < 1.29 is 0 Å². The van der Waals surface area contributed by atoms with Crippen LogP contribution in [0.1, 0.15) is 58.8 Å². The minimum atomic E-state index is 0.533. The lowest BCUT2D eigenvalue weighted by Gasteiger charge is -2.26. The number of hydrogen-bond donors (Lipinski definition) is 1. The Kier molecular flexibility index (Phi) is 4.42. The second-order valence-electron chi connectivity index (χ2n) is 7.65. The summed E-state index contributed by atoms with van der Waals surface area (Å²) in [5.74, 6) is 0. The number of nitrogens with zero attached hydrogens (tertiary/aromatic N) is 1. The van der Waals surface area contributed by atoms with E-state index in [2.05, 4.69) is 48.3 Å². The van der Waals surface area contributed by atoms with E-state index in [1.807, 2.05) is 0 Å². The SMILES string of the molecule is CC1(C)CCCC(Nc2ccccc2N2CCCC2)CC1. The van der Waals surface area contributed by atoms with Gasteiger partial charge in [0.25, 0.3) is 0 Å². The molecule has 1 N–H and O–H groups in total. The van der Waals surface area contributed by atoms with Crippen molar-refractivity contribution in [2.24, 2.45) is 5.41 Å². The Labute approximate surface area is 129 Å². The van der Waals surface area contributed by atoms with E-state index in [4.69, 9.17) is 0 Å². The molecule has 1 saturated carbocycles. The third-order valence-corrected chi connectivity index (χ3v) is 5.29. The van der Waals surface area contributed by atoms with Gasteiger partial charge in [-0.2, -0.15) is 0 Å². The van der Waals surface area contributed by atoms with E-state index < -0.39 is 0 Å². The van der Waals surface area contributed by atoms with E-state index >= 15 is 0 Å². The molecular formula is C19H30N2. The molecule has 0 radical (unpaired) electrons. The fraction of sp³-hybridized carbons (Fsp3) is 0.684. The second-order valence-corrected chi connectivity index (χ2v) is 7.65. The summed E-state index contributed by atoms with van der Waals surface area (Å²) in [5.41, 5.74) is 3.30. The molecule has 1 heterocycles. The van der Waals surface area contributed by atoms with Gasteiger partial charge in [0.1, 0.15) is 0 Å². The van der Waals surface area contributed by atoms with Gasteiger partial charge in [0.15, 0.2) is 0 Å². The van der Waals surface area contributed by atoms with Crippen molar-refractivity contribution in [3.05, 3.63) is 24.3 Å². The lowest BCUT2D eigenvalue weighted by atomic mass is 9.85. The molecule has 1 unspecified atom stereocenters. The normalized spacial score (nSPS) is 25.6. The highest BCUT2D eigenvalue weighted by Gasteiger charge is 2.25. The lowest BCUT2D eigenvalue weighted by Crippen LogP contribution is -2.23. The van der Waals surface area contributed by atoms with Gasteiger partial charge in [-0.25, -0.2) is 0 Å². The predicted molar refractivity (Wildman–Crippen MR) is 92.2 cm³/mol. The molecule has 21 heavy (non-hydrogen) atoms. The maximum Gasteiger partial charge on any atom is 0.0602 e. The summed E-state index contributed by atoms with van der Waals surface area (Å²) in [4.78, 5) is 2.54. The first kappa shape index (κ1) is 14.7. The Balaban J connectivity index is 1.69. The number of nitrogens with one attached hydrogen (secondary N) is 1. The molecule has 0 spiro atoms. The molecule has 116 valence electrons. The van der Waals surface area contributed by atoms with Crippen LogP contribution >= 0.6 is 0 Å². The second kappa shape index (κ2) is 6.29. The molecule has 2 fully saturated rings. The maximum absolute atomic E-state index is 3.86. The van der Waals surface area contributed by atoms with E-state index in [0.717, 1.165) is 0 Å². The molecule has 1 aromatic rings. The van der Waals surface area contributed by atoms with E-state index in [9.17, 15) is 0 Å². The number of hydrogen-bond acceptors (Lipinski definition) is 2. The highest BCUT2D eigenvalue weighted by molar-refractivity contribution is 5.70. The molecule has 1 aliphatic heterocycles. The van der Waals surface area contributed by atoms with Crippen LogP contribution in [0.5, 0.6) is 0 Å². The van der Waals surface area contributed by atoms with Crippen LogP contribution in [0.4, 0.5) is 11.4 Å². The average molecular weight is 286 g/mol. The van der Waals surface area contributed by atoms with E-state index in [1.54, 1.807) is 0 Å². The largest absolute Gasteiger partial charge is 0.381 e. The van der Waals surface area contributed by atoms with Crippen molar-refractivity contribution in [3.63, 3.8) is 0 Å². The highest BCUT2D eigenvalue weighted by Crippen LogP contribution is 2.36. The quantitative estimate of drug-likeness (QED) is 0.781. The van der Waals surface area contributed by atoms with Crippen molar-refractivity contribution in [3.8, 4) is 0 Å². The zero-order valence-electron chi connectivity index (χ0n) is 13.7. The summed E-state index contributed by atoms with van der Waals surface area (Å²) in [6, 6.07) is 9.55. The van der Waals surface area contributed by atoms with Crippen LogP contribution < -0.4 is 10.2 Å². The highest BCUT2D eigenvalue weighted by atomic mass is 15.2. The summed E-state index contributed by atoms with van der Waals surface area (Å²) in [5, 5.41) is 3.86. The zero-order chi connectivity index (χ0) is 14.7. The van der Waals surface area contributed by atoms with Gasteiger partial charge in [-0.05, 0) is 56.1 Å². The summed E-state index contributed by atoms with van der Waals surface area (Å²) in [6.07, 6.45) is 9.38. The Morgan fingerprint density at radius 2 is 1.76 bits per heavy atom. The molecule has 0 aromatic heterocycles. The minimum Gasteiger partial charge on any atom is -0.381 e. The Hall–Kier alpha value is -1.18. The maximum atomic E-state index is 3.86. The van der Waals surface area contributed by atoms with Crippen molar-refractivity contribution in [1.29, 1.82) is 0 Å². The fourth-order valence-corrected chi connectivity index (χ4v) is 3.86. The van der Waals surface area contributed by atoms with Crippen LogP contribution in [0.3, 0.4) is 0 Å². The number of anilines is 2. The van der Waals surface area contributed by atoms with Crippen LogP contribution in [-0.4, -0.2) is 19.1 Å². The van der Waals surface area contributed by atoms with E-state index in [-0.39, 0.29) is 0 Å². The first-order valence-electron chi connectivity index (χ1n) is 8.75. The molecule has 1 aliphatic carbocycles. The van der Waals surface area contributed by atoms with Crippen LogP contribution in [0.2, 0.25) is 0 Å². The number of para-hydroxylation sites is 2. The summed E-state index contributed by atoms with van der Waals surface area (Å²) in [7, 11) is 0. The topological polar surface area (TPSA) is 15.3 Å². The molecule has 1 aromatic carbocycles. The first-order valence-corrected chi connectivity index (χ1v) is 8.75. The van der Waals surface area contributed by atoms with Crippen molar-refractivity contribution in [2.75, 3.05) is 23.3 Å². The summed E-state index contributed by atoms with van der Waals surface area (Å²) >= 11 is 0. The van der Waals surface area contributed by atoms with Crippen LogP contribution in [-0.2, 0) is 0 Å². The smallest absolute Gasteiger partial charge is 0.0602 e. The molecule has 1 atom stereocenters. The average Bonchev–Trinajstić information content (AvgIpc) is 2.93. The van der Waals surface area contributed by atoms with Gasteiger partial charge < -0.3 is 10.2 Å². The van der Waals surface area contributed by atoms with Crippen LogP contribution in [0.15, 0.2) is 24.3 Å². The predicted octanol–water partition coefficient (Wildman–Crippen LogP) is 5.06. The molecular weight excluding hydrogens is 256 g/mol. The van der Waals surface area contributed by atoms with Crippen LogP contribution in [0.25, 0.3) is 0 Å². The van der Waals surface area contributed by atoms with Gasteiger partial charge in [-0.1, -0.05) is 32.4 Å². The van der Waals surface area contributed by atoms with Crippen molar-refractivity contribution >= 4 is 11.4 Å². The molecule has 2 nitrogen and oxygen atoms in total. The molecule has 2 aliphatic rings. The van der Waals surface area contributed by atoms with Gasteiger partial charge in [0.05, 0.1) is 11.4 Å². The minimum absolute atomic E-state index is 0.533. The number of rotatable bonds is 3. The fourth-order valence-electron chi connectivity index (χ4n) is 3.86. The van der Waals surface area contributed by atoms with Gasteiger partial charge in [-0.15, -0.1) is 0 Å². The van der Waals surface area contributed by atoms with Gasteiger partial charge >= 0.3 is 0 Å². The Bertz CT molecular complexity index is 460. The zero-order valence-corrected chi connectivity index (χ0v) is 13.7. The third kappa shape index (κ3) is 3.72. The third-order valence-electron chi connectivity index (χ3n) is 5.29.